The normalized spacial score (nSPS) is 15.3. The highest BCUT2D eigenvalue weighted by Gasteiger charge is 2.24. The van der Waals surface area contributed by atoms with Gasteiger partial charge in [0.1, 0.15) is 5.82 Å². The van der Waals surface area contributed by atoms with Gasteiger partial charge >= 0.3 is 0 Å². The molecule has 1 amide bonds. The lowest BCUT2D eigenvalue weighted by molar-refractivity contribution is 0.0955. The first-order chi connectivity index (χ1) is 7.72. The minimum absolute atomic E-state index is 0.0379. The Bertz CT molecular complexity index is 559. The molecule has 3 rings (SSSR count). The van der Waals surface area contributed by atoms with Gasteiger partial charge in [0, 0.05) is 10.7 Å². The highest BCUT2D eigenvalue weighted by molar-refractivity contribution is 7.20. The predicted molar refractivity (Wildman–Crippen MR) is 62.3 cm³/mol. The molecule has 0 bridgehead atoms. The van der Waals surface area contributed by atoms with Crippen LogP contribution in [0.15, 0.2) is 24.3 Å². The van der Waals surface area contributed by atoms with Gasteiger partial charge in [-0.3, -0.25) is 4.79 Å². The molecule has 2 aromatic rings. The zero-order valence-electron chi connectivity index (χ0n) is 8.50. The zero-order valence-corrected chi connectivity index (χ0v) is 9.31. The van der Waals surface area contributed by atoms with Crippen LogP contribution >= 0.6 is 11.3 Å². The van der Waals surface area contributed by atoms with Gasteiger partial charge < -0.3 is 5.32 Å². The molecule has 82 valence electrons. The van der Waals surface area contributed by atoms with Crippen LogP contribution in [0, 0.1) is 5.82 Å². The van der Waals surface area contributed by atoms with E-state index in [0.29, 0.717) is 10.9 Å². The summed E-state index contributed by atoms with van der Waals surface area (Å²) in [5, 5.41) is 3.72. The number of halogens is 1. The van der Waals surface area contributed by atoms with Gasteiger partial charge in [0.15, 0.2) is 0 Å². The molecule has 0 radical (unpaired) electrons. The highest BCUT2D eigenvalue weighted by atomic mass is 32.1. The summed E-state index contributed by atoms with van der Waals surface area (Å²) in [6.45, 7) is 0. The molecule has 4 heteroatoms. The lowest BCUT2D eigenvalue weighted by Gasteiger charge is -1.98. The van der Waals surface area contributed by atoms with E-state index in [1.165, 1.54) is 23.5 Å². The number of amides is 1. The number of hydrogen-bond donors (Lipinski definition) is 1. The molecule has 1 aliphatic carbocycles. The molecule has 0 aliphatic heterocycles. The molecule has 0 atom stereocenters. The van der Waals surface area contributed by atoms with Gasteiger partial charge in [-0.05, 0) is 42.5 Å². The van der Waals surface area contributed by atoms with Crippen molar-refractivity contribution >= 4 is 27.3 Å². The molecule has 2 nitrogen and oxygen atoms in total. The van der Waals surface area contributed by atoms with Gasteiger partial charge in [0.05, 0.1) is 4.88 Å². The average molecular weight is 235 g/mol. The molecule has 1 aromatic carbocycles. The van der Waals surface area contributed by atoms with Crippen molar-refractivity contribution in [1.82, 2.24) is 5.32 Å². The number of thiophene rings is 1. The molecule has 1 heterocycles. The first-order valence-electron chi connectivity index (χ1n) is 5.22. The van der Waals surface area contributed by atoms with Crippen LogP contribution in [0.2, 0.25) is 0 Å². The summed E-state index contributed by atoms with van der Waals surface area (Å²) in [5.74, 6) is -0.302. The molecular weight excluding hydrogens is 225 g/mol. The Hall–Kier alpha value is -1.42. The topological polar surface area (TPSA) is 29.1 Å². The summed E-state index contributed by atoms with van der Waals surface area (Å²) in [7, 11) is 0. The largest absolute Gasteiger partial charge is 0.349 e. The van der Waals surface area contributed by atoms with Crippen molar-refractivity contribution in [2.24, 2.45) is 0 Å². The van der Waals surface area contributed by atoms with E-state index in [4.69, 9.17) is 0 Å². The van der Waals surface area contributed by atoms with E-state index in [-0.39, 0.29) is 11.7 Å². The van der Waals surface area contributed by atoms with Crippen molar-refractivity contribution in [1.29, 1.82) is 0 Å². The molecule has 16 heavy (non-hydrogen) atoms. The zero-order chi connectivity index (χ0) is 11.1. The van der Waals surface area contributed by atoms with E-state index >= 15 is 0 Å². The van der Waals surface area contributed by atoms with Crippen LogP contribution < -0.4 is 5.32 Å². The second-order valence-corrected chi connectivity index (χ2v) is 5.12. The third-order valence-electron chi connectivity index (χ3n) is 2.61. The fourth-order valence-electron chi connectivity index (χ4n) is 1.61. The van der Waals surface area contributed by atoms with Gasteiger partial charge in [-0.1, -0.05) is 0 Å². The van der Waals surface area contributed by atoms with Crippen LogP contribution in [0.5, 0.6) is 0 Å². The van der Waals surface area contributed by atoms with Gasteiger partial charge in [-0.2, -0.15) is 0 Å². The van der Waals surface area contributed by atoms with E-state index in [0.717, 1.165) is 22.9 Å². The Labute approximate surface area is 96.1 Å². The van der Waals surface area contributed by atoms with Crippen LogP contribution in [-0.4, -0.2) is 11.9 Å². The van der Waals surface area contributed by atoms with E-state index in [9.17, 15) is 9.18 Å². The molecule has 0 unspecified atom stereocenters. The quantitative estimate of drug-likeness (QED) is 0.852. The first-order valence-corrected chi connectivity index (χ1v) is 6.04. The van der Waals surface area contributed by atoms with Crippen LogP contribution in [0.4, 0.5) is 4.39 Å². The molecule has 1 aromatic heterocycles. The van der Waals surface area contributed by atoms with Gasteiger partial charge in [0.25, 0.3) is 5.91 Å². The monoisotopic (exact) mass is 235 g/mol. The van der Waals surface area contributed by atoms with E-state index in [1.807, 2.05) is 0 Å². The predicted octanol–water partition coefficient (Wildman–Crippen LogP) is 2.93. The Kier molecular flexibility index (Phi) is 2.17. The second-order valence-electron chi connectivity index (χ2n) is 4.04. The van der Waals surface area contributed by atoms with Gasteiger partial charge in [-0.25, -0.2) is 4.39 Å². The van der Waals surface area contributed by atoms with E-state index in [2.05, 4.69) is 5.32 Å². The summed E-state index contributed by atoms with van der Waals surface area (Å²) in [6.07, 6.45) is 2.15. The molecule has 1 fully saturated rings. The van der Waals surface area contributed by atoms with Crippen molar-refractivity contribution in [3.63, 3.8) is 0 Å². The summed E-state index contributed by atoms with van der Waals surface area (Å²) < 4.78 is 13.9. The Morgan fingerprint density at radius 2 is 2.19 bits per heavy atom. The van der Waals surface area contributed by atoms with Crippen LogP contribution in [0.25, 0.3) is 10.1 Å². The van der Waals surface area contributed by atoms with Gasteiger partial charge in [-0.15, -0.1) is 11.3 Å². The standard InChI is InChI=1S/C12H10FNOS/c13-8-1-4-10-7(5-8)6-11(16-10)12(15)14-9-2-3-9/h1,4-6,9H,2-3H2,(H,14,15). The van der Waals surface area contributed by atoms with Crippen molar-refractivity contribution in [3.8, 4) is 0 Å². The minimum atomic E-state index is -0.264. The van der Waals surface area contributed by atoms with E-state index < -0.39 is 0 Å². The number of nitrogens with one attached hydrogen (secondary N) is 1. The van der Waals surface area contributed by atoms with Gasteiger partial charge in [0.2, 0.25) is 0 Å². The lowest BCUT2D eigenvalue weighted by atomic mass is 10.2. The summed E-state index contributed by atoms with van der Waals surface area (Å²) in [4.78, 5) is 12.4. The van der Waals surface area contributed by atoms with E-state index in [1.54, 1.807) is 12.1 Å². The smallest absolute Gasteiger partial charge is 0.261 e. The van der Waals surface area contributed by atoms with Crippen LogP contribution in [-0.2, 0) is 0 Å². The maximum Gasteiger partial charge on any atom is 0.261 e. The first kappa shape index (κ1) is 9.78. The summed E-state index contributed by atoms with van der Waals surface area (Å²) >= 11 is 1.41. The Morgan fingerprint density at radius 1 is 1.38 bits per heavy atom. The highest BCUT2D eigenvalue weighted by Crippen LogP contribution is 2.27. The van der Waals surface area contributed by atoms with Crippen molar-refractivity contribution in [2.75, 3.05) is 0 Å². The van der Waals surface area contributed by atoms with Crippen LogP contribution in [0.3, 0.4) is 0 Å². The third kappa shape index (κ3) is 1.80. The third-order valence-corrected chi connectivity index (χ3v) is 3.73. The molecule has 0 spiro atoms. The summed E-state index contributed by atoms with van der Waals surface area (Å²) in [5.41, 5.74) is 0. The Morgan fingerprint density at radius 3 is 2.94 bits per heavy atom. The van der Waals surface area contributed by atoms with Crippen molar-refractivity contribution in [3.05, 3.63) is 35.0 Å². The minimum Gasteiger partial charge on any atom is -0.349 e. The number of carbonyl (C=O) groups is 1. The molecular formula is C12H10FNOS. The fourth-order valence-corrected chi connectivity index (χ4v) is 2.56. The molecule has 1 saturated carbocycles. The number of fused-ring (bicyclic) bond motifs is 1. The van der Waals surface area contributed by atoms with Crippen molar-refractivity contribution in [2.45, 2.75) is 18.9 Å². The molecule has 1 N–H and O–H groups in total. The second kappa shape index (κ2) is 3.56. The van der Waals surface area contributed by atoms with Crippen LogP contribution in [0.1, 0.15) is 22.5 Å². The number of hydrogen-bond acceptors (Lipinski definition) is 2. The number of carbonyl (C=O) groups excluding carboxylic acids is 1. The Balaban J connectivity index is 1.94. The number of rotatable bonds is 2. The summed E-state index contributed by atoms with van der Waals surface area (Å²) in [6, 6.07) is 6.69. The molecule has 0 saturated heterocycles. The average Bonchev–Trinajstić information content (AvgIpc) is 2.95. The maximum atomic E-state index is 13.0. The fraction of sp³-hybridized carbons (Fsp3) is 0.250. The number of benzene rings is 1. The maximum absolute atomic E-state index is 13.0. The molecule has 1 aliphatic rings. The lowest BCUT2D eigenvalue weighted by Crippen LogP contribution is -2.24. The van der Waals surface area contributed by atoms with Crippen molar-refractivity contribution < 1.29 is 9.18 Å². The SMILES string of the molecule is O=C(NC1CC1)c1cc2cc(F)ccc2s1.